The molecular formula is C15H21NO5. The molecule has 0 aromatic heterocycles. The SMILES string of the molecule is COc1ccc([N+](=O)[O-])c(CCCCCCCC(=O)O)c1. The number of carboxylic acids is 1. The number of nitrogens with zero attached hydrogens (tertiary/aromatic N) is 1. The van der Waals surface area contributed by atoms with Gasteiger partial charge in [0.1, 0.15) is 5.75 Å². The molecule has 0 saturated heterocycles. The molecule has 116 valence electrons. The number of methoxy groups -OCH3 is 1. The molecule has 0 heterocycles. The summed E-state index contributed by atoms with van der Waals surface area (Å²) in [6.45, 7) is 0. The lowest BCUT2D eigenvalue weighted by Gasteiger charge is -2.06. The normalized spacial score (nSPS) is 10.3. The number of benzene rings is 1. The van der Waals surface area contributed by atoms with E-state index in [1.54, 1.807) is 12.1 Å². The van der Waals surface area contributed by atoms with Crippen LogP contribution in [0.1, 0.15) is 44.1 Å². The maximum Gasteiger partial charge on any atom is 0.303 e. The van der Waals surface area contributed by atoms with E-state index < -0.39 is 5.97 Å². The van der Waals surface area contributed by atoms with Crippen molar-refractivity contribution in [2.75, 3.05) is 7.11 Å². The van der Waals surface area contributed by atoms with E-state index in [4.69, 9.17) is 9.84 Å². The Morgan fingerprint density at radius 1 is 1.24 bits per heavy atom. The van der Waals surface area contributed by atoms with Gasteiger partial charge in [0.05, 0.1) is 12.0 Å². The minimum Gasteiger partial charge on any atom is -0.497 e. The first-order valence-electron chi connectivity index (χ1n) is 7.07. The summed E-state index contributed by atoms with van der Waals surface area (Å²) in [4.78, 5) is 21.0. The number of carboxylic acid groups (broad SMARTS) is 1. The Balaban J connectivity index is 2.40. The molecule has 1 rings (SSSR count). The Morgan fingerprint density at radius 3 is 2.52 bits per heavy atom. The smallest absolute Gasteiger partial charge is 0.303 e. The van der Waals surface area contributed by atoms with E-state index in [9.17, 15) is 14.9 Å². The lowest BCUT2D eigenvalue weighted by atomic mass is 10.0. The molecule has 0 fully saturated rings. The summed E-state index contributed by atoms with van der Waals surface area (Å²) in [6, 6.07) is 4.77. The Hall–Kier alpha value is -2.11. The highest BCUT2D eigenvalue weighted by atomic mass is 16.6. The third-order valence-electron chi connectivity index (χ3n) is 3.32. The summed E-state index contributed by atoms with van der Waals surface area (Å²) in [5.41, 5.74) is 0.812. The molecule has 1 aromatic carbocycles. The molecule has 0 aliphatic heterocycles. The van der Waals surface area contributed by atoms with Crippen LogP contribution in [0.3, 0.4) is 0 Å². The van der Waals surface area contributed by atoms with Crippen LogP contribution in [0.15, 0.2) is 18.2 Å². The van der Waals surface area contributed by atoms with Crippen LogP contribution >= 0.6 is 0 Å². The second-order valence-electron chi connectivity index (χ2n) is 4.91. The third-order valence-corrected chi connectivity index (χ3v) is 3.32. The molecule has 0 aliphatic carbocycles. The number of aryl methyl sites for hydroxylation is 1. The van der Waals surface area contributed by atoms with Crippen LogP contribution in [0.5, 0.6) is 5.75 Å². The van der Waals surface area contributed by atoms with Gasteiger partial charge in [-0.15, -0.1) is 0 Å². The van der Waals surface area contributed by atoms with Gasteiger partial charge in [-0.1, -0.05) is 19.3 Å². The molecule has 6 heteroatoms. The minimum atomic E-state index is -0.762. The summed E-state index contributed by atoms with van der Waals surface area (Å²) in [6.07, 6.45) is 5.15. The number of ether oxygens (including phenoxy) is 1. The molecule has 0 atom stereocenters. The molecular weight excluding hydrogens is 274 g/mol. The molecule has 0 amide bonds. The van der Waals surface area contributed by atoms with Crippen molar-refractivity contribution in [2.24, 2.45) is 0 Å². The molecule has 0 saturated carbocycles. The number of hydrogen-bond donors (Lipinski definition) is 1. The van der Waals surface area contributed by atoms with Crippen molar-refractivity contribution in [3.63, 3.8) is 0 Å². The van der Waals surface area contributed by atoms with Crippen LogP contribution in [0.2, 0.25) is 0 Å². The van der Waals surface area contributed by atoms with Crippen molar-refractivity contribution in [1.29, 1.82) is 0 Å². The second kappa shape index (κ2) is 8.94. The maximum atomic E-state index is 11.0. The highest BCUT2D eigenvalue weighted by Crippen LogP contribution is 2.25. The predicted octanol–water partition coefficient (Wildman–Crippen LogP) is 3.57. The molecule has 21 heavy (non-hydrogen) atoms. The van der Waals surface area contributed by atoms with Crippen LogP contribution in [-0.4, -0.2) is 23.1 Å². The predicted molar refractivity (Wildman–Crippen MR) is 78.7 cm³/mol. The van der Waals surface area contributed by atoms with E-state index in [0.717, 1.165) is 25.7 Å². The Morgan fingerprint density at radius 2 is 1.90 bits per heavy atom. The molecule has 0 unspecified atom stereocenters. The molecule has 1 aromatic rings. The first kappa shape index (κ1) is 16.9. The van der Waals surface area contributed by atoms with Crippen LogP contribution < -0.4 is 4.74 Å². The topological polar surface area (TPSA) is 89.7 Å². The number of carbonyl (C=O) groups is 1. The van der Waals surface area contributed by atoms with E-state index in [1.165, 1.54) is 13.2 Å². The van der Waals surface area contributed by atoms with Crippen molar-refractivity contribution in [3.05, 3.63) is 33.9 Å². The summed E-state index contributed by atoms with van der Waals surface area (Å²) >= 11 is 0. The lowest BCUT2D eigenvalue weighted by Crippen LogP contribution is -1.97. The van der Waals surface area contributed by atoms with Gasteiger partial charge in [-0.25, -0.2) is 0 Å². The molecule has 0 spiro atoms. The van der Waals surface area contributed by atoms with Gasteiger partial charge in [0.25, 0.3) is 5.69 Å². The standard InChI is InChI=1S/C15H21NO5/c1-21-13-9-10-14(16(19)20)12(11-13)7-5-3-2-4-6-8-15(17)18/h9-11H,2-8H2,1H3,(H,17,18). The number of rotatable bonds is 10. The van der Waals surface area contributed by atoms with Gasteiger partial charge in [-0.05, 0) is 31.4 Å². The first-order valence-corrected chi connectivity index (χ1v) is 7.07. The average molecular weight is 295 g/mol. The Bertz CT molecular complexity index is 487. The summed E-state index contributed by atoms with van der Waals surface area (Å²) in [5.74, 6) is -0.140. The molecule has 0 aliphatic rings. The minimum absolute atomic E-state index is 0.127. The maximum absolute atomic E-state index is 11.0. The molecule has 6 nitrogen and oxygen atoms in total. The Labute approximate surface area is 123 Å². The molecule has 1 N–H and O–H groups in total. The second-order valence-corrected chi connectivity index (χ2v) is 4.91. The summed E-state index contributed by atoms with van der Waals surface area (Å²) in [5, 5.41) is 19.5. The van der Waals surface area contributed by atoms with E-state index in [1.807, 2.05) is 0 Å². The van der Waals surface area contributed by atoms with Crippen LogP contribution in [0.4, 0.5) is 5.69 Å². The van der Waals surface area contributed by atoms with Gasteiger partial charge >= 0.3 is 5.97 Å². The van der Waals surface area contributed by atoms with Crippen LogP contribution in [-0.2, 0) is 11.2 Å². The highest BCUT2D eigenvalue weighted by molar-refractivity contribution is 5.66. The van der Waals surface area contributed by atoms with E-state index in [0.29, 0.717) is 24.2 Å². The number of nitro benzene ring substituents is 1. The number of unbranched alkanes of at least 4 members (excludes halogenated alkanes) is 4. The van der Waals surface area contributed by atoms with E-state index in [-0.39, 0.29) is 17.0 Å². The fourth-order valence-electron chi connectivity index (χ4n) is 2.19. The lowest BCUT2D eigenvalue weighted by molar-refractivity contribution is -0.385. The zero-order valence-electron chi connectivity index (χ0n) is 12.2. The zero-order valence-corrected chi connectivity index (χ0v) is 12.2. The number of hydrogen-bond acceptors (Lipinski definition) is 4. The van der Waals surface area contributed by atoms with Crippen molar-refractivity contribution < 1.29 is 19.6 Å². The van der Waals surface area contributed by atoms with Gasteiger partial charge in [-0.2, -0.15) is 0 Å². The number of aliphatic carboxylic acids is 1. The van der Waals surface area contributed by atoms with Gasteiger partial charge in [-0.3, -0.25) is 14.9 Å². The van der Waals surface area contributed by atoms with Crippen LogP contribution in [0, 0.1) is 10.1 Å². The van der Waals surface area contributed by atoms with Gasteiger partial charge < -0.3 is 9.84 Å². The van der Waals surface area contributed by atoms with Crippen molar-refractivity contribution in [2.45, 2.75) is 44.9 Å². The third kappa shape index (κ3) is 6.25. The van der Waals surface area contributed by atoms with Gasteiger partial charge in [0.15, 0.2) is 0 Å². The highest BCUT2D eigenvalue weighted by Gasteiger charge is 2.13. The van der Waals surface area contributed by atoms with E-state index >= 15 is 0 Å². The van der Waals surface area contributed by atoms with E-state index in [2.05, 4.69) is 0 Å². The summed E-state index contributed by atoms with van der Waals surface area (Å²) in [7, 11) is 1.54. The van der Waals surface area contributed by atoms with Crippen molar-refractivity contribution in [1.82, 2.24) is 0 Å². The summed E-state index contributed by atoms with van der Waals surface area (Å²) < 4.78 is 5.09. The molecule has 0 bridgehead atoms. The number of nitro groups is 1. The Kier molecular flexibility index (Phi) is 7.21. The monoisotopic (exact) mass is 295 g/mol. The van der Waals surface area contributed by atoms with Crippen molar-refractivity contribution in [3.8, 4) is 5.75 Å². The first-order chi connectivity index (χ1) is 10.0. The zero-order chi connectivity index (χ0) is 15.7. The fourth-order valence-corrected chi connectivity index (χ4v) is 2.19. The van der Waals surface area contributed by atoms with Crippen LogP contribution in [0.25, 0.3) is 0 Å². The fraction of sp³-hybridized carbons (Fsp3) is 0.533. The van der Waals surface area contributed by atoms with Gasteiger partial charge in [0.2, 0.25) is 0 Å². The van der Waals surface area contributed by atoms with Crippen molar-refractivity contribution >= 4 is 11.7 Å². The molecule has 0 radical (unpaired) electrons. The average Bonchev–Trinajstić information content (AvgIpc) is 2.45. The largest absolute Gasteiger partial charge is 0.497 e. The van der Waals surface area contributed by atoms with Gasteiger partial charge in [0, 0.05) is 18.1 Å². The quantitative estimate of drug-likeness (QED) is 0.405.